The van der Waals surface area contributed by atoms with Crippen LogP contribution < -0.4 is 4.90 Å². The Balaban J connectivity index is 1.23. The van der Waals surface area contributed by atoms with E-state index in [1.54, 1.807) is 23.0 Å². The number of aromatic nitrogens is 4. The zero-order chi connectivity index (χ0) is 24.1. The molecule has 1 N–H and O–H groups in total. The topological polar surface area (TPSA) is 94.8 Å². The van der Waals surface area contributed by atoms with Gasteiger partial charge >= 0.3 is 0 Å². The quantitative estimate of drug-likeness (QED) is 0.547. The van der Waals surface area contributed by atoms with Crippen LogP contribution >= 0.6 is 11.6 Å². The first-order chi connectivity index (χ1) is 16.8. The minimum absolute atomic E-state index is 0.0883. The molecule has 2 aromatic heterocycles. The Bertz CT molecular complexity index is 1340. The van der Waals surface area contributed by atoms with Crippen molar-refractivity contribution in [2.75, 3.05) is 24.6 Å². The van der Waals surface area contributed by atoms with Crippen LogP contribution in [-0.4, -0.2) is 68.4 Å². The molecule has 1 aliphatic carbocycles. The van der Waals surface area contributed by atoms with Crippen molar-refractivity contribution < 1.29 is 23.7 Å². The van der Waals surface area contributed by atoms with Crippen LogP contribution in [0.5, 0.6) is 0 Å². The Morgan fingerprint density at radius 1 is 1.20 bits per heavy atom. The summed E-state index contributed by atoms with van der Waals surface area (Å²) in [6.45, 7) is 4.75. The van der Waals surface area contributed by atoms with E-state index in [0.29, 0.717) is 30.1 Å². The van der Waals surface area contributed by atoms with E-state index in [1.165, 1.54) is 0 Å². The fraction of sp³-hybridized carbons (Fsp3) is 0.542. The lowest BCUT2D eigenvalue weighted by Crippen LogP contribution is -2.59. The molecule has 35 heavy (non-hydrogen) atoms. The van der Waals surface area contributed by atoms with Crippen LogP contribution in [0.4, 0.5) is 10.2 Å². The van der Waals surface area contributed by atoms with E-state index in [4.69, 9.17) is 25.8 Å². The van der Waals surface area contributed by atoms with Crippen LogP contribution in [0.15, 0.2) is 24.5 Å². The van der Waals surface area contributed by atoms with Crippen molar-refractivity contribution in [3.63, 3.8) is 0 Å². The van der Waals surface area contributed by atoms with Gasteiger partial charge in [0.05, 0.1) is 12.9 Å². The lowest BCUT2D eigenvalue weighted by Gasteiger charge is -2.49. The van der Waals surface area contributed by atoms with Crippen molar-refractivity contribution in [1.82, 2.24) is 19.5 Å². The molecule has 0 bridgehead atoms. The van der Waals surface area contributed by atoms with Gasteiger partial charge in [0, 0.05) is 24.1 Å². The first-order valence-corrected chi connectivity index (χ1v) is 12.2. The van der Waals surface area contributed by atoms with Gasteiger partial charge in [-0.25, -0.2) is 9.37 Å². The lowest BCUT2D eigenvalue weighted by molar-refractivity contribution is -0.199. The van der Waals surface area contributed by atoms with Gasteiger partial charge in [0.2, 0.25) is 5.28 Å². The Kier molecular flexibility index (Phi) is 4.58. The third-order valence-electron chi connectivity index (χ3n) is 7.74. The van der Waals surface area contributed by atoms with E-state index in [0.717, 1.165) is 24.0 Å². The number of halogens is 2. The number of imidazole rings is 1. The summed E-state index contributed by atoms with van der Waals surface area (Å²) in [6.07, 6.45) is 1.43. The van der Waals surface area contributed by atoms with Gasteiger partial charge in [-0.05, 0) is 49.9 Å². The second-order valence-corrected chi connectivity index (χ2v) is 10.7. The van der Waals surface area contributed by atoms with Crippen molar-refractivity contribution in [1.29, 1.82) is 0 Å². The molecule has 3 aliphatic heterocycles. The molecule has 7 rings (SSSR count). The average molecular weight is 502 g/mol. The third-order valence-corrected chi connectivity index (χ3v) is 7.91. The minimum atomic E-state index is -0.794. The molecule has 1 aromatic carbocycles. The highest BCUT2D eigenvalue weighted by atomic mass is 35.5. The van der Waals surface area contributed by atoms with E-state index >= 15 is 0 Å². The van der Waals surface area contributed by atoms with Gasteiger partial charge in [0.25, 0.3) is 0 Å². The fourth-order valence-corrected chi connectivity index (χ4v) is 6.49. The van der Waals surface area contributed by atoms with Crippen molar-refractivity contribution in [3.8, 4) is 0 Å². The smallest absolute Gasteiger partial charge is 0.226 e. The molecule has 4 atom stereocenters. The molecule has 184 valence electrons. The minimum Gasteiger partial charge on any atom is -0.394 e. The summed E-state index contributed by atoms with van der Waals surface area (Å²) < 4.78 is 34.7. The molecule has 3 saturated heterocycles. The molecular weight excluding hydrogens is 477 g/mol. The molecule has 0 saturated carbocycles. The third kappa shape index (κ3) is 3.10. The van der Waals surface area contributed by atoms with Gasteiger partial charge in [-0.15, -0.1) is 0 Å². The van der Waals surface area contributed by atoms with Crippen LogP contribution in [0.25, 0.3) is 11.2 Å². The summed E-state index contributed by atoms with van der Waals surface area (Å²) in [4.78, 5) is 15.6. The van der Waals surface area contributed by atoms with Gasteiger partial charge in [-0.3, -0.25) is 4.57 Å². The van der Waals surface area contributed by atoms with Crippen molar-refractivity contribution in [3.05, 3.63) is 46.8 Å². The average Bonchev–Trinajstić information content (AvgIpc) is 3.52. The number of benzene rings is 1. The molecule has 3 fully saturated rings. The summed E-state index contributed by atoms with van der Waals surface area (Å²) in [5, 5.41) is 9.93. The zero-order valence-corrected chi connectivity index (χ0v) is 20.1. The molecule has 9 nitrogen and oxygen atoms in total. The van der Waals surface area contributed by atoms with E-state index in [1.807, 2.05) is 19.9 Å². The van der Waals surface area contributed by atoms with Gasteiger partial charge in [-0.2, -0.15) is 9.97 Å². The predicted octanol–water partition coefficient (Wildman–Crippen LogP) is 2.73. The lowest BCUT2D eigenvalue weighted by atomic mass is 9.74. The van der Waals surface area contributed by atoms with Crippen LogP contribution in [0.3, 0.4) is 0 Å². The number of rotatable bonds is 3. The van der Waals surface area contributed by atoms with Gasteiger partial charge in [0.1, 0.15) is 24.1 Å². The van der Waals surface area contributed by atoms with E-state index in [9.17, 15) is 9.50 Å². The number of aliphatic hydroxyl groups is 1. The largest absolute Gasteiger partial charge is 0.394 e. The zero-order valence-electron chi connectivity index (χ0n) is 19.3. The summed E-state index contributed by atoms with van der Waals surface area (Å²) >= 11 is 6.37. The number of fused-ring (bicyclic) bond motifs is 4. The van der Waals surface area contributed by atoms with E-state index in [2.05, 4.69) is 19.9 Å². The number of anilines is 1. The number of aliphatic hydroxyl groups excluding tert-OH is 1. The summed E-state index contributed by atoms with van der Waals surface area (Å²) in [5.74, 6) is -0.313. The monoisotopic (exact) mass is 501 g/mol. The normalized spacial score (nSPS) is 30.1. The second kappa shape index (κ2) is 7.33. The first-order valence-electron chi connectivity index (χ1n) is 11.8. The van der Waals surface area contributed by atoms with Crippen LogP contribution in [0, 0.1) is 5.82 Å². The molecule has 4 aliphatic rings. The number of hydrogen-bond acceptors (Lipinski definition) is 8. The van der Waals surface area contributed by atoms with Gasteiger partial charge in [-0.1, -0.05) is 12.1 Å². The van der Waals surface area contributed by atoms with E-state index in [-0.39, 0.29) is 23.1 Å². The van der Waals surface area contributed by atoms with Crippen LogP contribution in [0.2, 0.25) is 5.28 Å². The molecule has 0 radical (unpaired) electrons. The Morgan fingerprint density at radius 3 is 2.80 bits per heavy atom. The summed E-state index contributed by atoms with van der Waals surface area (Å²) in [7, 11) is 0. The maximum atomic E-state index is 14.7. The molecule has 5 heterocycles. The predicted molar refractivity (Wildman–Crippen MR) is 124 cm³/mol. The molecule has 11 heteroatoms. The Labute approximate surface area is 205 Å². The summed E-state index contributed by atoms with van der Waals surface area (Å²) in [6, 6.07) is 5.34. The highest BCUT2D eigenvalue weighted by Crippen LogP contribution is 2.49. The van der Waals surface area contributed by atoms with Crippen molar-refractivity contribution >= 4 is 28.6 Å². The molecule has 1 spiro atoms. The highest BCUT2D eigenvalue weighted by molar-refractivity contribution is 6.28. The van der Waals surface area contributed by atoms with Crippen molar-refractivity contribution in [2.45, 2.75) is 62.4 Å². The van der Waals surface area contributed by atoms with Crippen LogP contribution in [-0.2, 0) is 26.0 Å². The van der Waals surface area contributed by atoms with Crippen molar-refractivity contribution in [2.24, 2.45) is 0 Å². The Hall–Kier alpha value is -2.37. The number of hydrogen-bond donors (Lipinski definition) is 1. The molecule has 1 unspecified atom stereocenters. The Morgan fingerprint density at radius 2 is 2.00 bits per heavy atom. The van der Waals surface area contributed by atoms with Crippen LogP contribution in [0.1, 0.15) is 37.6 Å². The maximum absolute atomic E-state index is 14.7. The second-order valence-electron chi connectivity index (χ2n) is 10.4. The number of aryl methyl sites for hydroxylation is 1. The SMILES string of the molecule is CC1(C)OC2[C@@H](O1)[C@@H](CO)O[C@H]2n1cnc2c(N3CC4(CCc5cccc(F)c54)C3)nc(Cl)nc21. The number of ether oxygens (including phenoxy) is 3. The standard InChI is InChI=1S/C24H25ClFN5O4/c1-23(2)34-17-14(8-32)33-21(18(17)35-23)31-11-27-16-19(28-22(25)29-20(16)31)30-9-24(10-30)7-6-12-4-3-5-13(26)15(12)24/h3-5,11,14,17-18,21,32H,6-10H2,1-2H3/t14-,17+,18?,21-/m1/s1. The highest BCUT2D eigenvalue weighted by Gasteiger charge is 2.56. The molecule has 3 aromatic rings. The fourth-order valence-electron chi connectivity index (χ4n) is 6.33. The molecule has 0 amide bonds. The van der Waals surface area contributed by atoms with Gasteiger partial charge < -0.3 is 24.2 Å². The molecular formula is C24H25ClFN5O4. The van der Waals surface area contributed by atoms with Gasteiger partial charge in [0.15, 0.2) is 29.0 Å². The number of nitrogens with zero attached hydrogens (tertiary/aromatic N) is 5. The summed E-state index contributed by atoms with van der Waals surface area (Å²) in [5.41, 5.74) is 2.80. The van der Waals surface area contributed by atoms with E-state index < -0.39 is 30.3 Å². The first kappa shape index (κ1) is 21.9. The maximum Gasteiger partial charge on any atom is 0.226 e.